The Morgan fingerprint density at radius 1 is 1.43 bits per heavy atom. The topological polar surface area (TPSA) is 29.3 Å². The molecule has 14 heavy (non-hydrogen) atoms. The van der Waals surface area contributed by atoms with E-state index in [-0.39, 0.29) is 0 Å². The van der Waals surface area contributed by atoms with Crippen molar-refractivity contribution in [1.82, 2.24) is 4.90 Å². The van der Waals surface area contributed by atoms with Crippen molar-refractivity contribution in [3.8, 4) is 0 Å². The van der Waals surface area contributed by atoms with Crippen LogP contribution in [0.4, 0.5) is 0 Å². The molecule has 1 aromatic carbocycles. The summed E-state index contributed by atoms with van der Waals surface area (Å²) in [6.07, 6.45) is 0. The van der Waals surface area contributed by atoms with Crippen molar-refractivity contribution in [3.63, 3.8) is 0 Å². The highest BCUT2D eigenvalue weighted by Gasteiger charge is 2.03. The maximum atomic E-state index is 5.50. The monoisotopic (exact) mass is 256 g/mol. The molecule has 0 aliphatic rings. The second-order valence-electron chi connectivity index (χ2n) is 3.62. The van der Waals surface area contributed by atoms with Gasteiger partial charge < -0.3 is 10.6 Å². The van der Waals surface area contributed by atoms with E-state index in [0.717, 1.165) is 13.1 Å². The van der Waals surface area contributed by atoms with Crippen LogP contribution in [0.5, 0.6) is 0 Å². The zero-order valence-electron chi connectivity index (χ0n) is 8.76. The van der Waals surface area contributed by atoms with Crippen molar-refractivity contribution in [1.29, 1.82) is 0 Å². The van der Waals surface area contributed by atoms with Crippen molar-refractivity contribution in [2.75, 3.05) is 20.1 Å². The Labute approximate surface area is 94.2 Å². The summed E-state index contributed by atoms with van der Waals surface area (Å²) in [6, 6.07) is 6.41. The predicted octanol–water partition coefficient (Wildman–Crippen LogP) is 2.15. The number of nitrogens with zero attached hydrogens (tertiary/aromatic N) is 1. The maximum Gasteiger partial charge on any atom is 0.0242 e. The third-order valence-corrected chi connectivity index (χ3v) is 2.93. The van der Waals surface area contributed by atoms with Crippen LogP contribution in [0.25, 0.3) is 0 Å². The van der Waals surface area contributed by atoms with E-state index in [1.807, 2.05) is 0 Å². The Morgan fingerprint density at radius 2 is 2.14 bits per heavy atom. The lowest BCUT2D eigenvalue weighted by molar-refractivity contribution is 0.335. The van der Waals surface area contributed by atoms with E-state index < -0.39 is 0 Å². The van der Waals surface area contributed by atoms with Crippen LogP contribution in [0.15, 0.2) is 22.7 Å². The summed E-state index contributed by atoms with van der Waals surface area (Å²) in [5.41, 5.74) is 8.11. The first-order valence-electron chi connectivity index (χ1n) is 4.77. The van der Waals surface area contributed by atoms with Crippen LogP contribution in [-0.4, -0.2) is 25.0 Å². The number of aryl methyl sites for hydroxylation is 1. The molecular formula is C11H17BrN2. The van der Waals surface area contributed by atoms with E-state index in [2.05, 4.69) is 53.0 Å². The van der Waals surface area contributed by atoms with Gasteiger partial charge in [-0.05, 0) is 25.6 Å². The van der Waals surface area contributed by atoms with Gasteiger partial charge in [0.15, 0.2) is 0 Å². The van der Waals surface area contributed by atoms with Gasteiger partial charge in [0.25, 0.3) is 0 Å². The molecule has 0 saturated heterocycles. The van der Waals surface area contributed by atoms with Crippen molar-refractivity contribution in [2.45, 2.75) is 13.5 Å². The van der Waals surface area contributed by atoms with Crippen molar-refractivity contribution in [3.05, 3.63) is 33.8 Å². The Bertz CT molecular complexity index is 299. The minimum atomic E-state index is 0.708. The molecule has 0 spiro atoms. The average molecular weight is 257 g/mol. The number of nitrogens with two attached hydrogens (primary N) is 1. The molecular weight excluding hydrogens is 240 g/mol. The van der Waals surface area contributed by atoms with Crippen LogP contribution in [0.2, 0.25) is 0 Å². The Kier molecular flexibility index (Phi) is 4.58. The zero-order valence-corrected chi connectivity index (χ0v) is 10.3. The van der Waals surface area contributed by atoms with Crippen LogP contribution < -0.4 is 5.73 Å². The van der Waals surface area contributed by atoms with Gasteiger partial charge in [-0.25, -0.2) is 0 Å². The van der Waals surface area contributed by atoms with Crippen molar-refractivity contribution in [2.24, 2.45) is 5.73 Å². The van der Waals surface area contributed by atoms with E-state index in [1.54, 1.807) is 0 Å². The van der Waals surface area contributed by atoms with Crippen LogP contribution in [-0.2, 0) is 6.54 Å². The predicted molar refractivity (Wildman–Crippen MR) is 64.3 cm³/mol. The van der Waals surface area contributed by atoms with Gasteiger partial charge in [-0.15, -0.1) is 0 Å². The second-order valence-corrected chi connectivity index (χ2v) is 4.48. The zero-order chi connectivity index (χ0) is 10.6. The molecule has 0 aromatic heterocycles. The van der Waals surface area contributed by atoms with Gasteiger partial charge in [0.05, 0.1) is 0 Å². The Balaban J connectivity index is 2.70. The van der Waals surface area contributed by atoms with E-state index in [4.69, 9.17) is 5.73 Å². The third-order valence-electron chi connectivity index (χ3n) is 2.15. The standard InChI is InChI=1S/C11H17BrN2/c1-9-3-4-11(12)10(7-9)8-14(2)6-5-13/h3-4,7H,5-6,8,13H2,1-2H3. The second kappa shape index (κ2) is 5.49. The van der Waals surface area contributed by atoms with E-state index in [1.165, 1.54) is 15.6 Å². The Hall–Kier alpha value is -0.380. The number of halogens is 1. The lowest BCUT2D eigenvalue weighted by Crippen LogP contribution is -2.25. The minimum Gasteiger partial charge on any atom is -0.329 e. The highest BCUT2D eigenvalue weighted by atomic mass is 79.9. The smallest absolute Gasteiger partial charge is 0.0242 e. The number of hydrogen-bond donors (Lipinski definition) is 1. The van der Waals surface area contributed by atoms with Gasteiger partial charge in [0.1, 0.15) is 0 Å². The lowest BCUT2D eigenvalue weighted by Gasteiger charge is -2.16. The number of benzene rings is 1. The summed E-state index contributed by atoms with van der Waals surface area (Å²) in [6.45, 7) is 4.69. The van der Waals surface area contributed by atoms with Gasteiger partial charge >= 0.3 is 0 Å². The third kappa shape index (κ3) is 3.40. The molecule has 0 radical (unpaired) electrons. The minimum absolute atomic E-state index is 0.708. The fourth-order valence-corrected chi connectivity index (χ4v) is 1.79. The first-order valence-corrected chi connectivity index (χ1v) is 5.56. The molecule has 1 rings (SSSR count). The molecule has 0 saturated carbocycles. The first-order chi connectivity index (χ1) is 6.63. The molecule has 0 fully saturated rings. The normalized spacial score (nSPS) is 10.9. The summed E-state index contributed by atoms with van der Waals surface area (Å²) in [4.78, 5) is 2.22. The summed E-state index contributed by atoms with van der Waals surface area (Å²) >= 11 is 3.55. The van der Waals surface area contributed by atoms with Gasteiger partial charge in [0.2, 0.25) is 0 Å². The molecule has 0 amide bonds. The molecule has 78 valence electrons. The summed E-state index contributed by atoms with van der Waals surface area (Å²) in [7, 11) is 2.08. The highest BCUT2D eigenvalue weighted by molar-refractivity contribution is 9.10. The first kappa shape index (κ1) is 11.7. The largest absolute Gasteiger partial charge is 0.329 e. The molecule has 0 bridgehead atoms. The SMILES string of the molecule is Cc1ccc(Br)c(CN(C)CCN)c1. The molecule has 1 aromatic rings. The van der Waals surface area contributed by atoms with Gasteiger partial charge in [-0.1, -0.05) is 33.6 Å². The van der Waals surface area contributed by atoms with Crippen LogP contribution >= 0.6 is 15.9 Å². The highest BCUT2D eigenvalue weighted by Crippen LogP contribution is 2.19. The molecule has 0 aliphatic carbocycles. The van der Waals surface area contributed by atoms with Crippen LogP contribution in [0, 0.1) is 6.92 Å². The van der Waals surface area contributed by atoms with Gasteiger partial charge in [-0.2, -0.15) is 0 Å². The van der Waals surface area contributed by atoms with Crippen LogP contribution in [0.3, 0.4) is 0 Å². The lowest BCUT2D eigenvalue weighted by atomic mass is 10.1. The quantitative estimate of drug-likeness (QED) is 0.895. The molecule has 0 atom stereocenters. The molecule has 0 unspecified atom stereocenters. The fraction of sp³-hybridized carbons (Fsp3) is 0.455. The van der Waals surface area contributed by atoms with Gasteiger partial charge in [0, 0.05) is 24.1 Å². The van der Waals surface area contributed by atoms with Crippen molar-refractivity contribution < 1.29 is 0 Å². The summed E-state index contributed by atoms with van der Waals surface area (Å²) in [5, 5.41) is 0. The van der Waals surface area contributed by atoms with Gasteiger partial charge in [-0.3, -0.25) is 0 Å². The van der Waals surface area contributed by atoms with E-state index >= 15 is 0 Å². The maximum absolute atomic E-state index is 5.50. The van der Waals surface area contributed by atoms with Crippen molar-refractivity contribution >= 4 is 15.9 Å². The molecule has 2 nitrogen and oxygen atoms in total. The molecule has 0 heterocycles. The van der Waals surface area contributed by atoms with E-state index in [9.17, 15) is 0 Å². The summed E-state index contributed by atoms with van der Waals surface area (Å²) in [5.74, 6) is 0. The molecule has 2 N–H and O–H groups in total. The number of likely N-dealkylation sites (N-methyl/N-ethyl adjacent to an activating group) is 1. The Morgan fingerprint density at radius 3 is 2.79 bits per heavy atom. The number of hydrogen-bond acceptors (Lipinski definition) is 2. The van der Waals surface area contributed by atoms with E-state index in [0.29, 0.717) is 6.54 Å². The van der Waals surface area contributed by atoms with Crippen LogP contribution in [0.1, 0.15) is 11.1 Å². The summed E-state index contributed by atoms with van der Waals surface area (Å²) < 4.78 is 1.17. The molecule has 3 heteroatoms. The number of rotatable bonds is 4. The fourth-order valence-electron chi connectivity index (χ4n) is 1.41. The average Bonchev–Trinajstić information content (AvgIpc) is 2.12. The molecule has 0 aliphatic heterocycles.